The van der Waals surface area contributed by atoms with Crippen LogP contribution in [0.15, 0.2) is 39.9 Å². The van der Waals surface area contributed by atoms with Gasteiger partial charge in [-0.25, -0.2) is 4.98 Å². The molecule has 142 valence electrons. The second-order valence-corrected chi connectivity index (χ2v) is 6.49. The lowest BCUT2D eigenvalue weighted by Crippen LogP contribution is -2.38. The molecular formula is C17H15F3N4O3. The highest BCUT2D eigenvalue weighted by atomic mass is 19.4. The van der Waals surface area contributed by atoms with Crippen LogP contribution < -0.4 is 5.56 Å². The van der Waals surface area contributed by atoms with Crippen molar-refractivity contribution in [2.24, 2.45) is 0 Å². The molecule has 0 unspecified atom stereocenters. The van der Waals surface area contributed by atoms with Crippen LogP contribution in [0.3, 0.4) is 0 Å². The first kappa shape index (κ1) is 17.4. The predicted octanol–water partition coefficient (Wildman–Crippen LogP) is 2.65. The van der Waals surface area contributed by atoms with Gasteiger partial charge in [0.05, 0.1) is 5.56 Å². The van der Waals surface area contributed by atoms with E-state index < -0.39 is 11.9 Å². The number of nitrogens with one attached hydrogen (secondary N) is 1. The van der Waals surface area contributed by atoms with Gasteiger partial charge in [0.25, 0.3) is 11.5 Å². The number of fused-ring (bicyclic) bond motifs is 1. The van der Waals surface area contributed by atoms with Crippen molar-refractivity contribution in [3.63, 3.8) is 0 Å². The lowest BCUT2D eigenvalue weighted by molar-refractivity contribution is -0.140. The van der Waals surface area contributed by atoms with E-state index in [1.54, 1.807) is 4.90 Å². The Morgan fingerprint density at radius 1 is 1.22 bits per heavy atom. The average Bonchev–Trinajstić information content (AvgIpc) is 3.26. The zero-order chi connectivity index (χ0) is 19.2. The third kappa shape index (κ3) is 3.34. The summed E-state index contributed by atoms with van der Waals surface area (Å²) in [6, 6.07) is 4.28. The molecule has 1 N–H and O–H groups in total. The molecule has 0 spiro atoms. The average molecular weight is 380 g/mol. The van der Waals surface area contributed by atoms with E-state index in [9.17, 15) is 22.8 Å². The first-order chi connectivity index (χ1) is 12.8. The van der Waals surface area contributed by atoms with Gasteiger partial charge in [0, 0.05) is 37.5 Å². The maximum absolute atomic E-state index is 12.8. The molecular weight excluding hydrogens is 365 g/mol. The van der Waals surface area contributed by atoms with Gasteiger partial charge in [-0.05, 0) is 25.0 Å². The van der Waals surface area contributed by atoms with E-state index in [0.29, 0.717) is 37.3 Å². The number of carbonyl (C=O) groups excluding carboxylic acids is 1. The lowest BCUT2D eigenvalue weighted by Gasteiger charge is -2.30. The van der Waals surface area contributed by atoms with Crippen molar-refractivity contribution < 1.29 is 22.5 Å². The molecule has 1 amide bonds. The SMILES string of the molecule is O=C(c1ccc2nc(C(F)(F)F)cn2c1)N1CCC(c2cc(=O)[nH]o2)CC1. The summed E-state index contributed by atoms with van der Waals surface area (Å²) in [5, 5.41) is 2.26. The minimum absolute atomic E-state index is 0.0541. The van der Waals surface area contributed by atoms with Crippen molar-refractivity contribution in [3.8, 4) is 0 Å². The van der Waals surface area contributed by atoms with Gasteiger partial charge in [0.1, 0.15) is 11.4 Å². The van der Waals surface area contributed by atoms with Crippen molar-refractivity contribution in [2.75, 3.05) is 13.1 Å². The summed E-state index contributed by atoms with van der Waals surface area (Å²) in [7, 11) is 0. The largest absolute Gasteiger partial charge is 0.434 e. The normalized spacial score (nSPS) is 16.2. The molecule has 0 aromatic carbocycles. The molecule has 0 aliphatic carbocycles. The van der Waals surface area contributed by atoms with Crippen molar-refractivity contribution in [2.45, 2.75) is 24.9 Å². The van der Waals surface area contributed by atoms with Crippen molar-refractivity contribution in [3.05, 3.63) is 58.0 Å². The number of piperidine rings is 1. The Kier molecular flexibility index (Phi) is 4.05. The number of alkyl halides is 3. The highest BCUT2D eigenvalue weighted by Crippen LogP contribution is 2.29. The highest BCUT2D eigenvalue weighted by Gasteiger charge is 2.34. The topological polar surface area (TPSA) is 83.6 Å². The maximum Gasteiger partial charge on any atom is 0.434 e. The second kappa shape index (κ2) is 6.29. The molecule has 0 atom stereocenters. The van der Waals surface area contributed by atoms with Gasteiger partial charge in [0.2, 0.25) is 0 Å². The fourth-order valence-electron chi connectivity index (χ4n) is 3.30. The molecule has 1 aliphatic rings. The summed E-state index contributed by atoms with van der Waals surface area (Å²) in [6.07, 6.45) is -1.04. The molecule has 27 heavy (non-hydrogen) atoms. The number of halogens is 3. The molecule has 0 radical (unpaired) electrons. The predicted molar refractivity (Wildman–Crippen MR) is 87.4 cm³/mol. The van der Waals surface area contributed by atoms with Gasteiger partial charge in [0.15, 0.2) is 5.69 Å². The number of H-pyrrole nitrogens is 1. The van der Waals surface area contributed by atoms with E-state index >= 15 is 0 Å². The standard InChI is InChI=1S/C17H15F3N4O3/c18-17(19,20)13-9-24-8-11(1-2-14(24)21-13)16(26)23-5-3-10(4-6-23)12-7-15(25)22-27-12/h1-2,7-10H,3-6H2,(H,22,25). The van der Waals surface area contributed by atoms with Crippen LogP contribution in [-0.4, -0.2) is 38.4 Å². The fraction of sp³-hybridized carbons (Fsp3) is 0.353. The summed E-state index contributed by atoms with van der Waals surface area (Å²) < 4.78 is 44.6. The van der Waals surface area contributed by atoms with Crippen LogP contribution in [0.2, 0.25) is 0 Å². The van der Waals surface area contributed by atoms with E-state index in [-0.39, 0.29) is 23.0 Å². The first-order valence-electron chi connectivity index (χ1n) is 8.35. The fourth-order valence-corrected chi connectivity index (χ4v) is 3.30. The summed E-state index contributed by atoms with van der Waals surface area (Å²) in [5.41, 5.74) is -0.878. The molecule has 3 aromatic rings. The molecule has 1 aliphatic heterocycles. The van der Waals surface area contributed by atoms with Gasteiger partial charge in [-0.2, -0.15) is 18.3 Å². The zero-order valence-electron chi connectivity index (χ0n) is 14.0. The number of nitrogens with zero attached hydrogens (tertiary/aromatic N) is 3. The number of carbonyl (C=O) groups is 1. The first-order valence-corrected chi connectivity index (χ1v) is 8.35. The minimum atomic E-state index is -4.54. The number of likely N-dealkylation sites (tertiary alicyclic amines) is 1. The van der Waals surface area contributed by atoms with Crippen molar-refractivity contribution in [1.82, 2.24) is 19.4 Å². The zero-order valence-corrected chi connectivity index (χ0v) is 14.0. The number of amides is 1. The van der Waals surface area contributed by atoms with E-state index in [1.165, 1.54) is 28.8 Å². The maximum atomic E-state index is 12.8. The van der Waals surface area contributed by atoms with Crippen molar-refractivity contribution in [1.29, 1.82) is 0 Å². The van der Waals surface area contributed by atoms with Crippen LogP contribution >= 0.6 is 0 Å². The molecule has 4 heterocycles. The van der Waals surface area contributed by atoms with Crippen LogP contribution in [0.1, 0.15) is 40.6 Å². The molecule has 3 aromatic heterocycles. The van der Waals surface area contributed by atoms with Crippen molar-refractivity contribution >= 4 is 11.6 Å². The van der Waals surface area contributed by atoms with Gasteiger partial charge < -0.3 is 13.8 Å². The number of aromatic amines is 1. The molecule has 10 heteroatoms. The number of rotatable bonds is 2. The van der Waals surface area contributed by atoms with Crippen LogP contribution in [0, 0.1) is 0 Å². The van der Waals surface area contributed by atoms with Gasteiger partial charge >= 0.3 is 6.18 Å². The summed E-state index contributed by atoms with van der Waals surface area (Å²) in [5.74, 6) is 0.373. The quantitative estimate of drug-likeness (QED) is 0.741. The van der Waals surface area contributed by atoms with Crippen LogP contribution in [0.25, 0.3) is 5.65 Å². The number of pyridine rings is 1. The monoisotopic (exact) mass is 380 g/mol. The second-order valence-electron chi connectivity index (χ2n) is 6.49. The summed E-state index contributed by atoms with van der Waals surface area (Å²) >= 11 is 0. The molecule has 1 saturated heterocycles. The van der Waals surface area contributed by atoms with Crippen LogP contribution in [0.4, 0.5) is 13.2 Å². The van der Waals surface area contributed by atoms with E-state index in [2.05, 4.69) is 10.1 Å². The third-order valence-corrected chi connectivity index (χ3v) is 4.72. The van der Waals surface area contributed by atoms with E-state index in [4.69, 9.17) is 4.52 Å². The van der Waals surface area contributed by atoms with E-state index in [0.717, 1.165) is 6.20 Å². The Labute approximate surface area is 150 Å². The Balaban J connectivity index is 1.49. The minimum Gasteiger partial charge on any atom is -0.383 e. The highest BCUT2D eigenvalue weighted by molar-refractivity contribution is 5.94. The van der Waals surface area contributed by atoms with Crippen LogP contribution in [-0.2, 0) is 6.18 Å². The Morgan fingerprint density at radius 3 is 2.59 bits per heavy atom. The van der Waals surface area contributed by atoms with Gasteiger partial charge in [-0.3, -0.25) is 9.59 Å². The molecule has 1 fully saturated rings. The molecule has 4 rings (SSSR count). The van der Waals surface area contributed by atoms with Crippen LogP contribution in [0.5, 0.6) is 0 Å². The number of aromatic nitrogens is 3. The van der Waals surface area contributed by atoms with Gasteiger partial charge in [-0.15, -0.1) is 0 Å². The Hall–Kier alpha value is -3.04. The summed E-state index contributed by atoms with van der Waals surface area (Å²) in [6.45, 7) is 0.933. The van der Waals surface area contributed by atoms with Gasteiger partial charge in [-0.1, -0.05) is 0 Å². The smallest absolute Gasteiger partial charge is 0.383 e. The Bertz CT molecular complexity index is 1040. The Morgan fingerprint density at radius 2 is 1.96 bits per heavy atom. The molecule has 0 bridgehead atoms. The van der Waals surface area contributed by atoms with E-state index in [1.807, 2.05) is 0 Å². The molecule has 0 saturated carbocycles. The number of imidazole rings is 1. The number of hydrogen-bond donors (Lipinski definition) is 1. The number of hydrogen-bond acceptors (Lipinski definition) is 4. The lowest BCUT2D eigenvalue weighted by atomic mass is 9.94. The summed E-state index contributed by atoms with van der Waals surface area (Å²) in [4.78, 5) is 29.0. The molecule has 7 nitrogen and oxygen atoms in total. The third-order valence-electron chi connectivity index (χ3n) is 4.72.